The van der Waals surface area contributed by atoms with Crippen molar-refractivity contribution in [2.45, 2.75) is 26.2 Å². The molecule has 0 aromatic carbocycles. The van der Waals surface area contributed by atoms with Crippen LogP contribution in [-0.2, 0) is 18.9 Å². The third kappa shape index (κ3) is 10.00. The molecule has 8 nitrogen and oxygen atoms in total. The van der Waals surface area contributed by atoms with Gasteiger partial charge in [0.05, 0.1) is 6.61 Å². The minimum Gasteiger partial charge on any atom is -0.370 e. The maximum Gasteiger partial charge on any atom is 0.416 e. The molecule has 102 valence electrons. The summed E-state index contributed by atoms with van der Waals surface area (Å²) in [5.41, 5.74) is 8.94. The van der Waals surface area contributed by atoms with Gasteiger partial charge in [-0.3, -0.25) is 5.41 Å². The molecule has 0 saturated carbocycles. The summed E-state index contributed by atoms with van der Waals surface area (Å²) in [4.78, 5) is 0. The zero-order valence-electron chi connectivity index (χ0n) is 9.89. The predicted molar refractivity (Wildman–Crippen MR) is 63.2 cm³/mol. The summed E-state index contributed by atoms with van der Waals surface area (Å²) in [6.07, 6.45) is 3.08. The van der Waals surface area contributed by atoms with Gasteiger partial charge in [0, 0.05) is 13.1 Å². The monoisotopic (exact) mass is 268 g/mol. The van der Waals surface area contributed by atoms with Crippen LogP contribution in [0.3, 0.4) is 0 Å². The topological polar surface area (TPSA) is 132 Å². The average molecular weight is 268 g/mol. The Balaban J connectivity index is 0.000000557. The third-order valence-corrected chi connectivity index (χ3v) is 2.69. The number of rotatable bonds is 4. The maximum absolute atomic E-state index is 11.0. The summed E-state index contributed by atoms with van der Waals surface area (Å²) >= 11 is 0. The van der Waals surface area contributed by atoms with E-state index in [0.717, 1.165) is 19.3 Å². The van der Waals surface area contributed by atoms with Gasteiger partial charge in [0.15, 0.2) is 5.96 Å². The molecule has 0 radical (unpaired) electrons. The Morgan fingerprint density at radius 3 is 2.18 bits per heavy atom. The number of piperidine rings is 1. The summed E-state index contributed by atoms with van der Waals surface area (Å²) in [5.74, 6) is -0.333. The van der Waals surface area contributed by atoms with E-state index in [4.69, 9.17) is 9.69 Å². The third-order valence-electron chi connectivity index (χ3n) is 1.77. The number of nitrogens with zero attached hydrogens (tertiary/aromatic N) is 1. The van der Waals surface area contributed by atoms with Gasteiger partial charge >= 0.3 is 10.4 Å². The highest BCUT2D eigenvalue weighted by Crippen LogP contribution is 2.11. The zero-order chi connectivity index (χ0) is 13.3. The summed E-state index contributed by atoms with van der Waals surface area (Å²) in [6.45, 7) is 3.03. The van der Waals surface area contributed by atoms with Crippen LogP contribution in [0.5, 0.6) is 0 Å². The number of hydroxylamine groups is 2. The molecule has 0 aromatic heterocycles. The molecule has 0 bridgehead atoms. The molecule has 0 unspecified atom stereocenters. The minimum atomic E-state index is -3.81. The minimum absolute atomic E-state index is 0.107. The largest absolute Gasteiger partial charge is 0.416 e. The first-order valence-corrected chi connectivity index (χ1v) is 6.64. The van der Waals surface area contributed by atoms with Gasteiger partial charge in [0.1, 0.15) is 0 Å². The SMILES string of the molecule is CCOS(=O)(=O)ON1CCCCC1.N=C(N)N. The molecule has 0 aromatic rings. The van der Waals surface area contributed by atoms with Gasteiger partial charge in [0.2, 0.25) is 0 Å². The van der Waals surface area contributed by atoms with Gasteiger partial charge < -0.3 is 11.5 Å². The highest BCUT2D eigenvalue weighted by atomic mass is 32.3. The fourth-order valence-corrected chi connectivity index (χ4v) is 1.97. The summed E-state index contributed by atoms with van der Waals surface area (Å²) in [6, 6.07) is 0. The average Bonchev–Trinajstić information content (AvgIpc) is 2.17. The van der Waals surface area contributed by atoms with Crippen LogP contribution in [0.4, 0.5) is 0 Å². The maximum atomic E-state index is 11.0. The molecular formula is C8H20N4O4S. The van der Waals surface area contributed by atoms with Crippen LogP contribution in [0, 0.1) is 5.41 Å². The van der Waals surface area contributed by atoms with Crippen LogP contribution in [0.25, 0.3) is 0 Å². The van der Waals surface area contributed by atoms with E-state index in [2.05, 4.69) is 15.7 Å². The van der Waals surface area contributed by atoms with E-state index >= 15 is 0 Å². The summed E-state index contributed by atoms with van der Waals surface area (Å²) in [5, 5.41) is 7.49. The molecule has 0 amide bonds. The molecule has 1 rings (SSSR count). The number of guanidine groups is 1. The molecule has 9 heteroatoms. The van der Waals surface area contributed by atoms with E-state index in [1.54, 1.807) is 6.92 Å². The predicted octanol–water partition coefficient (Wildman–Crippen LogP) is -0.476. The van der Waals surface area contributed by atoms with Crippen molar-refractivity contribution in [2.75, 3.05) is 19.7 Å². The molecule has 1 aliphatic heterocycles. The molecule has 17 heavy (non-hydrogen) atoms. The molecule has 0 spiro atoms. The lowest BCUT2D eigenvalue weighted by Gasteiger charge is -2.23. The molecule has 1 heterocycles. The summed E-state index contributed by atoms with van der Waals surface area (Å²) in [7, 11) is -3.81. The van der Waals surface area contributed by atoms with Crippen molar-refractivity contribution in [2.24, 2.45) is 11.5 Å². The molecule has 1 saturated heterocycles. The van der Waals surface area contributed by atoms with E-state index in [1.807, 2.05) is 0 Å². The van der Waals surface area contributed by atoms with Crippen LogP contribution < -0.4 is 11.5 Å². The van der Waals surface area contributed by atoms with Crippen molar-refractivity contribution in [1.29, 1.82) is 5.41 Å². The van der Waals surface area contributed by atoms with Gasteiger partial charge in [0.25, 0.3) is 0 Å². The van der Waals surface area contributed by atoms with Crippen LogP contribution in [0.1, 0.15) is 26.2 Å². The van der Waals surface area contributed by atoms with Crippen molar-refractivity contribution in [3.8, 4) is 0 Å². The fourth-order valence-electron chi connectivity index (χ4n) is 1.23. The number of hydrogen-bond donors (Lipinski definition) is 3. The Morgan fingerprint density at radius 2 is 1.76 bits per heavy atom. The second-order valence-electron chi connectivity index (χ2n) is 3.33. The fraction of sp³-hybridized carbons (Fsp3) is 0.875. The quantitative estimate of drug-likeness (QED) is 0.463. The van der Waals surface area contributed by atoms with Crippen molar-refractivity contribution < 1.29 is 16.9 Å². The standard InChI is InChI=1S/C7H15NO4S.CH5N3/c1-2-11-13(9,10)12-8-6-4-3-5-7-8;2-1(3)4/h2-7H2,1H3;(H5,2,3,4). The molecule has 1 fully saturated rings. The second-order valence-corrected chi connectivity index (χ2v) is 4.54. The lowest BCUT2D eigenvalue weighted by molar-refractivity contribution is -0.0775. The Bertz CT molecular complexity index is 309. The van der Waals surface area contributed by atoms with Crippen molar-refractivity contribution in [1.82, 2.24) is 5.06 Å². The molecular weight excluding hydrogens is 248 g/mol. The van der Waals surface area contributed by atoms with Crippen molar-refractivity contribution >= 4 is 16.4 Å². The highest BCUT2D eigenvalue weighted by molar-refractivity contribution is 7.81. The molecule has 0 aliphatic carbocycles. The molecule has 0 atom stereocenters. The molecule has 5 N–H and O–H groups in total. The van der Waals surface area contributed by atoms with Crippen LogP contribution in [0.15, 0.2) is 0 Å². The normalized spacial score (nSPS) is 17.0. The van der Waals surface area contributed by atoms with Crippen molar-refractivity contribution in [3.05, 3.63) is 0 Å². The number of hydrogen-bond acceptors (Lipinski definition) is 6. The molecule has 1 aliphatic rings. The number of nitrogens with two attached hydrogens (primary N) is 2. The van der Waals surface area contributed by atoms with E-state index in [9.17, 15) is 8.42 Å². The van der Waals surface area contributed by atoms with E-state index < -0.39 is 10.4 Å². The lowest BCUT2D eigenvalue weighted by Crippen LogP contribution is -2.33. The first-order valence-electron chi connectivity index (χ1n) is 5.30. The summed E-state index contributed by atoms with van der Waals surface area (Å²) < 4.78 is 31.2. The Kier molecular flexibility index (Phi) is 7.79. The Labute approximate surface area is 102 Å². The Morgan fingerprint density at radius 1 is 1.29 bits per heavy atom. The zero-order valence-corrected chi connectivity index (χ0v) is 10.7. The second kappa shape index (κ2) is 8.23. The highest BCUT2D eigenvalue weighted by Gasteiger charge is 2.19. The van der Waals surface area contributed by atoms with Gasteiger partial charge in [-0.1, -0.05) is 6.42 Å². The van der Waals surface area contributed by atoms with E-state index in [0.29, 0.717) is 13.1 Å². The van der Waals surface area contributed by atoms with E-state index in [1.165, 1.54) is 5.06 Å². The van der Waals surface area contributed by atoms with Crippen LogP contribution >= 0.6 is 0 Å². The lowest BCUT2D eigenvalue weighted by atomic mass is 10.2. The first-order chi connectivity index (χ1) is 7.87. The van der Waals surface area contributed by atoms with Gasteiger partial charge in [-0.15, -0.1) is 0 Å². The number of nitrogens with one attached hydrogen (secondary N) is 1. The van der Waals surface area contributed by atoms with Gasteiger partial charge in [-0.25, -0.2) is 4.18 Å². The van der Waals surface area contributed by atoms with Crippen LogP contribution in [-0.4, -0.2) is 39.1 Å². The van der Waals surface area contributed by atoms with Crippen LogP contribution in [0.2, 0.25) is 0 Å². The van der Waals surface area contributed by atoms with Gasteiger partial charge in [-0.05, 0) is 19.8 Å². The van der Waals surface area contributed by atoms with Gasteiger partial charge in [-0.2, -0.15) is 17.8 Å². The van der Waals surface area contributed by atoms with E-state index in [-0.39, 0.29) is 12.6 Å². The Hall–Kier alpha value is -0.900. The first kappa shape index (κ1) is 16.1. The van der Waals surface area contributed by atoms with Crippen molar-refractivity contribution in [3.63, 3.8) is 0 Å². The smallest absolute Gasteiger partial charge is 0.370 e.